The zero-order valence-corrected chi connectivity index (χ0v) is 17.6. The molecule has 0 N–H and O–H groups in total. The van der Waals surface area contributed by atoms with Crippen LogP contribution in [0.1, 0.15) is 65.7 Å². The molecule has 0 aliphatic carbocycles. The van der Waals surface area contributed by atoms with E-state index in [4.69, 9.17) is 0 Å². The van der Waals surface area contributed by atoms with Crippen LogP contribution in [-0.2, 0) is 18.4 Å². The van der Waals surface area contributed by atoms with Gasteiger partial charge in [0.15, 0.2) is 5.69 Å². The normalized spacial score (nSPS) is 17.2. The highest BCUT2D eigenvalue weighted by Crippen LogP contribution is 2.23. The van der Waals surface area contributed by atoms with Crippen LogP contribution in [0.5, 0.6) is 0 Å². The SMILES string of the molecule is CC(C)(C)c1ccc(C(=O)N2CCN(C(=O)c3cc4n(n3)CCCC4)CC2)cc1. The van der Waals surface area contributed by atoms with Gasteiger partial charge in [-0.05, 0) is 48.4 Å². The van der Waals surface area contributed by atoms with E-state index in [0.717, 1.165) is 31.5 Å². The molecule has 4 rings (SSSR count). The standard InChI is InChI=1S/C23H30N4O2/c1-23(2,3)18-9-7-17(8-10-18)21(28)25-12-14-26(15-13-25)22(29)20-16-19-6-4-5-11-27(19)24-20/h7-10,16H,4-6,11-15H2,1-3H3. The number of aromatic nitrogens is 2. The van der Waals surface area contributed by atoms with Crippen LogP contribution < -0.4 is 0 Å². The van der Waals surface area contributed by atoms with Gasteiger partial charge < -0.3 is 9.80 Å². The van der Waals surface area contributed by atoms with Crippen molar-refractivity contribution in [3.05, 3.63) is 52.8 Å². The van der Waals surface area contributed by atoms with E-state index in [2.05, 4.69) is 25.9 Å². The maximum absolute atomic E-state index is 12.8. The second-order valence-corrected chi connectivity index (χ2v) is 9.11. The molecule has 0 saturated carbocycles. The molecule has 154 valence electrons. The first-order valence-electron chi connectivity index (χ1n) is 10.6. The van der Waals surface area contributed by atoms with Gasteiger partial charge in [0, 0.05) is 44.0 Å². The average molecular weight is 395 g/mol. The zero-order valence-electron chi connectivity index (χ0n) is 17.6. The highest BCUT2D eigenvalue weighted by Gasteiger charge is 2.28. The number of rotatable bonds is 2. The smallest absolute Gasteiger partial charge is 0.274 e. The van der Waals surface area contributed by atoms with Crippen LogP contribution in [0.15, 0.2) is 30.3 Å². The predicted octanol–water partition coefficient (Wildman–Crippen LogP) is 3.12. The Kier molecular flexibility index (Phi) is 5.19. The van der Waals surface area contributed by atoms with Gasteiger partial charge in [0.2, 0.25) is 0 Å². The van der Waals surface area contributed by atoms with Crippen molar-refractivity contribution >= 4 is 11.8 Å². The maximum Gasteiger partial charge on any atom is 0.274 e. The molecular weight excluding hydrogens is 364 g/mol. The Labute approximate surface area is 172 Å². The van der Waals surface area contributed by atoms with E-state index in [0.29, 0.717) is 37.4 Å². The Morgan fingerprint density at radius 2 is 1.48 bits per heavy atom. The molecule has 2 amide bonds. The second-order valence-electron chi connectivity index (χ2n) is 9.11. The van der Waals surface area contributed by atoms with Gasteiger partial charge in [-0.25, -0.2) is 0 Å². The number of amides is 2. The molecule has 6 nitrogen and oxygen atoms in total. The summed E-state index contributed by atoms with van der Waals surface area (Å²) in [6, 6.07) is 9.84. The van der Waals surface area contributed by atoms with Crippen molar-refractivity contribution < 1.29 is 9.59 Å². The number of hydrogen-bond acceptors (Lipinski definition) is 3. The third-order valence-electron chi connectivity index (χ3n) is 5.99. The fourth-order valence-corrected chi connectivity index (χ4v) is 4.09. The first kappa shape index (κ1) is 19.7. The van der Waals surface area contributed by atoms with E-state index < -0.39 is 0 Å². The quantitative estimate of drug-likeness (QED) is 0.786. The van der Waals surface area contributed by atoms with E-state index in [-0.39, 0.29) is 17.2 Å². The summed E-state index contributed by atoms with van der Waals surface area (Å²) in [6.07, 6.45) is 3.28. The highest BCUT2D eigenvalue weighted by molar-refractivity contribution is 5.95. The molecular formula is C23H30N4O2. The fraction of sp³-hybridized carbons (Fsp3) is 0.522. The fourth-order valence-electron chi connectivity index (χ4n) is 4.09. The Bertz CT molecular complexity index is 876. The molecule has 29 heavy (non-hydrogen) atoms. The third kappa shape index (κ3) is 4.07. The minimum Gasteiger partial charge on any atom is -0.335 e. The topological polar surface area (TPSA) is 58.4 Å². The van der Waals surface area contributed by atoms with Crippen molar-refractivity contribution in [3.8, 4) is 0 Å². The lowest BCUT2D eigenvalue weighted by molar-refractivity contribution is 0.0532. The average Bonchev–Trinajstić information content (AvgIpc) is 3.16. The molecule has 1 fully saturated rings. The molecule has 6 heteroatoms. The summed E-state index contributed by atoms with van der Waals surface area (Å²) in [5.41, 5.74) is 3.69. The van der Waals surface area contributed by atoms with E-state index in [9.17, 15) is 9.59 Å². The van der Waals surface area contributed by atoms with Crippen LogP contribution >= 0.6 is 0 Å². The summed E-state index contributed by atoms with van der Waals surface area (Å²) in [5, 5.41) is 4.50. The lowest BCUT2D eigenvalue weighted by atomic mass is 9.86. The lowest BCUT2D eigenvalue weighted by Crippen LogP contribution is -2.50. The predicted molar refractivity (Wildman–Crippen MR) is 112 cm³/mol. The number of piperazine rings is 1. The van der Waals surface area contributed by atoms with Crippen molar-refractivity contribution in [2.24, 2.45) is 0 Å². The van der Waals surface area contributed by atoms with Crippen molar-refractivity contribution in [1.82, 2.24) is 19.6 Å². The number of carbonyl (C=O) groups excluding carboxylic acids is 2. The summed E-state index contributed by atoms with van der Waals surface area (Å²) in [4.78, 5) is 29.4. The molecule has 3 heterocycles. The summed E-state index contributed by atoms with van der Waals surface area (Å²) in [7, 11) is 0. The van der Waals surface area contributed by atoms with Crippen LogP contribution in [0.25, 0.3) is 0 Å². The van der Waals surface area contributed by atoms with Gasteiger partial charge in [0.05, 0.1) is 0 Å². The summed E-state index contributed by atoms with van der Waals surface area (Å²) < 4.78 is 1.97. The Hall–Kier alpha value is -2.63. The van der Waals surface area contributed by atoms with Crippen molar-refractivity contribution in [2.45, 2.75) is 52.0 Å². The third-order valence-corrected chi connectivity index (χ3v) is 5.99. The zero-order chi connectivity index (χ0) is 20.6. The molecule has 2 aliphatic heterocycles. The van der Waals surface area contributed by atoms with Crippen molar-refractivity contribution in [3.63, 3.8) is 0 Å². The Morgan fingerprint density at radius 1 is 0.862 bits per heavy atom. The summed E-state index contributed by atoms with van der Waals surface area (Å²) >= 11 is 0. The Balaban J connectivity index is 1.37. The number of carbonyl (C=O) groups is 2. The molecule has 2 aliphatic rings. The number of benzene rings is 1. The van der Waals surface area contributed by atoms with Crippen molar-refractivity contribution in [1.29, 1.82) is 0 Å². The molecule has 0 bridgehead atoms. The monoisotopic (exact) mass is 394 g/mol. The van der Waals surface area contributed by atoms with E-state index in [1.165, 1.54) is 5.56 Å². The molecule has 1 aromatic heterocycles. The Morgan fingerprint density at radius 3 is 2.07 bits per heavy atom. The largest absolute Gasteiger partial charge is 0.335 e. The van der Waals surface area contributed by atoms with Crippen LogP contribution in [0.3, 0.4) is 0 Å². The minimum atomic E-state index is -0.0199. The van der Waals surface area contributed by atoms with Crippen LogP contribution in [-0.4, -0.2) is 57.6 Å². The number of hydrogen-bond donors (Lipinski definition) is 0. The molecule has 0 spiro atoms. The van der Waals surface area contributed by atoms with Gasteiger partial charge in [0.1, 0.15) is 0 Å². The van der Waals surface area contributed by atoms with Gasteiger partial charge in [-0.15, -0.1) is 0 Å². The van der Waals surface area contributed by atoms with E-state index in [1.807, 2.05) is 44.8 Å². The minimum absolute atomic E-state index is 0.0199. The molecule has 0 unspecified atom stereocenters. The lowest BCUT2D eigenvalue weighted by Gasteiger charge is -2.34. The van der Waals surface area contributed by atoms with E-state index in [1.54, 1.807) is 0 Å². The molecule has 1 saturated heterocycles. The summed E-state index contributed by atoms with van der Waals surface area (Å²) in [5.74, 6) is 0.0172. The number of aryl methyl sites for hydroxylation is 2. The summed E-state index contributed by atoms with van der Waals surface area (Å²) in [6.45, 7) is 9.60. The van der Waals surface area contributed by atoms with E-state index >= 15 is 0 Å². The first-order valence-corrected chi connectivity index (χ1v) is 10.6. The van der Waals surface area contributed by atoms with Gasteiger partial charge in [-0.1, -0.05) is 32.9 Å². The van der Waals surface area contributed by atoms with Gasteiger partial charge >= 0.3 is 0 Å². The molecule has 1 aromatic carbocycles. The van der Waals surface area contributed by atoms with Crippen LogP contribution in [0.2, 0.25) is 0 Å². The van der Waals surface area contributed by atoms with Crippen molar-refractivity contribution in [2.75, 3.05) is 26.2 Å². The number of nitrogens with zero attached hydrogens (tertiary/aromatic N) is 4. The number of fused-ring (bicyclic) bond motifs is 1. The van der Waals surface area contributed by atoms with Gasteiger partial charge in [-0.3, -0.25) is 14.3 Å². The maximum atomic E-state index is 12.8. The molecule has 2 aromatic rings. The molecule has 0 atom stereocenters. The molecule has 0 radical (unpaired) electrons. The van der Waals surface area contributed by atoms with Gasteiger partial charge in [0.25, 0.3) is 11.8 Å². The highest BCUT2D eigenvalue weighted by atomic mass is 16.2. The van der Waals surface area contributed by atoms with Crippen LogP contribution in [0.4, 0.5) is 0 Å². The van der Waals surface area contributed by atoms with Crippen LogP contribution in [0, 0.1) is 0 Å². The van der Waals surface area contributed by atoms with Gasteiger partial charge in [-0.2, -0.15) is 5.10 Å². The first-order chi connectivity index (χ1) is 13.8. The second kappa shape index (κ2) is 7.65.